The van der Waals surface area contributed by atoms with Crippen molar-refractivity contribution in [1.29, 1.82) is 0 Å². The normalized spacial score (nSPS) is 27.6. The molecule has 2 heteroatoms. The molecule has 2 nitrogen and oxygen atoms in total. The Kier molecular flexibility index (Phi) is 2.65. The smallest absolute Gasteiger partial charge is 0.223 e. The summed E-state index contributed by atoms with van der Waals surface area (Å²) >= 11 is 0. The molecule has 0 N–H and O–H groups in total. The average molecular weight is 229 g/mol. The number of carbonyl (C=O) groups is 1. The van der Waals surface area contributed by atoms with Crippen molar-refractivity contribution in [3.63, 3.8) is 0 Å². The second-order valence-electron chi connectivity index (χ2n) is 5.12. The highest BCUT2D eigenvalue weighted by Crippen LogP contribution is 2.47. The van der Waals surface area contributed by atoms with Crippen molar-refractivity contribution in [3.05, 3.63) is 35.4 Å². The van der Waals surface area contributed by atoms with Gasteiger partial charge in [0.05, 0.1) is 12.1 Å². The van der Waals surface area contributed by atoms with Gasteiger partial charge in [-0.2, -0.15) is 0 Å². The first-order valence-electron chi connectivity index (χ1n) is 6.73. The first kappa shape index (κ1) is 10.8. The van der Waals surface area contributed by atoms with Crippen LogP contribution in [-0.2, 0) is 4.79 Å². The van der Waals surface area contributed by atoms with Crippen LogP contribution in [0, 0.1) is 0 Å². The van der Waals surface area contributed by atoms with Gasteiger partial charge in [-0.1, -0.05) is 37.6 Å². The Hall–Kier alpha value is -1.31. The first-order chi connectivity index (χ1) is 8.33. The number of fused-ring (bicyclic) bond motifs is 3. The Morgan fingerprint density at radius 3 is 2.76 bits per heavy atom. The topological polar surface area (TPSA) is 20.3 Å². The molecule has 0 unspecified atom stereocenters. The van der Waals surface area contributed by atoms with Crippen LogP contribution in [-0.4, -0.2) is 10.8 Å². The number of hydrogen-bond donors (Lipinski definition) is 0. The Morgan fingerprint density at radius 1 is 1.24 bits per heavy atom. The number of hydrogen-bond acceptors (Lipinski definition) is 1. The molecule has 2 aliphatic heterocycles. The van der Waals surface area contributed by atoms with Crippen molar-refractivity contribution in [3.8, 4) is 0 Å². The summed E-state index contributed by atoms with van der Waals surface area (Å²) < 4.78 is 0. The van der Waals surface area contributed by atoms with Gasteiger partial charge in [0.15, 0.2) is 0 Å². The zero-order valence-electron chi connectivity index (χ0n) is 10.4. The van der Waals surface area contributed by atoms with Crippen LogP contribution >= 0.6 is 0 Å². The second kappa shape index (κ2) is 4.17. The molecule has 90 valence electrons. The Bertz CT molecular complexity index is 440. The van der Waals surface area contributed by atoms with Gasteiger partial charge in [-0.25, -0.2) is 0 Å². The highest BCUT2D eigenvalue weighted by molar-refractivity contribution is 5.78. The summed E-state index contributed by atoms with van der Waals surface area (Å²) in [5.74, 6) is 0.357. The molecule has 2 atom stereocenters. The fraction of sp³-hybridized carbons (Fsp3) is 0.533. The molecule has 1 aromatic carbocycles. The molecule has 17 heavy (non-hydrogen) atoms. The van der Waals surface area contributed by atoms with E-state index in [2.05, 4.69) is 36.1 Å². The molecular weight excluding hydrogens is 210 g/mol. The molecule has 3 rings (SSSR count). The van der Waals surface area contributed by atoms with Crippen molar-refractivity contribution < 1.29 is 4.79 Å². The van der Waals surface area contributed by atoms with E-state index in [9.17, 15) is 4.79 Å². The van der Waals surface area contributed by atoms with Crippen LogP contribution in [0.3, 0.4) is 0 Å². The van der Waals surface area contributed by atoms with E-state index in [-0.39, 0.29) is 0 Å². The predicted molar refractivity (Wildman–Crippen MR) is 67.5 cm³/mol. The van der Waals surface area contributed by atoms with Crippen molar-refractivity contribution in [1.82, 2.24) is 4.90 Å². The van der Waals surface area contributed by atoms with Crippen LogP contribution in [0.15, 0.2) is 24.3 Å². The van der Waals surface area contributed by atoms with Crippen LogP contribution < -0.4 is 0 Å². The molecular formula is C15H19NO. The van der Waals surface area contributed by atoms with Crippen molar-refractivity contribution >= 4 is 5.91 Å². The predicted octanol–water partition coefficient (Wildman–Crippen LogP) is 3.60. The van der Waals surface area contributed by atoms with Gasteiger partial charge in [-0.3, -0.25) is 4.79 Å². The van der Waals surface area contributed by atoms with E-state index in [0.717, 1.165) is 25.7 Å². The SMILES string of the molecule is CC[C@@H]1c2ccccc2[C@@H]2CCCCC(=O)N12. The molecule has 0 aromatic heterocycles. The van der Waals surface area contributed by atoms with Crippen molar-refractivity contribution in [2.45, 2.75) is 51.1 Å². The van der Waals surface area contributed by atoms with Gasteiger partial charge in [0.25, 0.3) is 0 Å². The molecule has 2 heterocycles. The Balaban J connectivity index is 2.08. The van der Waals surface area contributed by atoms with Gasteiger partial charge in [-0.05, 0) is 30.4 Å². The summed E-state index contributed by atoms with van der Waals surface area (Å²) in [5.41, 5.74) is 2.78. The molecule has 0 saturated carbocycles. The molecule has 0 radical (unpaired) electrons. The summed E-state index contributed by atoms with van der Waals surface area (Å²) in [6.07, 6.45) is 5.14. The van der Waals surface area contributed by atoms with E-state index in [1.54, 1.807) is 0 Å². The molecule has 2 aliphatic rings. The Labute approximate surface area is 103 Å². The number of nitrogens with zero attached hydrogens (tertiary/aromatic N) is 1. The third-order valence-corrected chi connectivity index (χ3v) is 4.18. The molecule has 1 fully saturated rings. The number of carbonyl (C=O) groups excluding carboxylic acids is 1. The minimum Gasteiger partial charge on any atom is -0.329 e. The maximum atomic E-state index is 12.3. The zero-order chi connectivity index (χ0) is 11.8. The van der Waals surface area contributed by atoms with E-state index in [4.69, 9.17) is 0 Å². The van der Waals surface area contributed by atoms with Gasteiger partial charge in [0, 0.05) is 6.42 Å². The quantitative estimate of drug-likeness (QED) is 0.720. The van der Waals surface area contributed by atoms with Crippen molar-refractivity contribution in [2.24, 2.45) is 0 Å². The lowest BCUT2D eigenvalue weighted by Gasteiger charge is -2.28. The van der Waals surface area contributed by atoms with Gasteiger partial charge in [-0.15, -0.1) is 0 Å². The largest absolute Gasteiger partial charge is 0.329 e. The maximum Gasteiger partial charge on any atom is 0.223 e. The van der Waals surface area contributed by atoms with E-state index in [0.29, 0.717) is 18.0 Å². The highest BCUT2D eigenvalue weighted by Gasteiger charge is 2.40. The molecule has 0 aliphatic carbocycles. The van der Waals surface area contributed by atoms with E-state index in [1.165, 1.54) is 17.5 Å². The van der Waals surface area contributed by atoms with Crippen LogP contribution in [0.1, 0.15) is 62.2 Å². The average Bonchev–Trinajstić information content (AvgIpc) is 2.56. The maximum absolute atomic E-state index is 12.3. The summed E-state index contributed by atoms with van der Waals surface area (Å²) in [6, 6.07) is 9.28. The van der Waals surface area contributed by atoms with Crippen molar-refractivity contribution in [2.75, 3.05) is 0 Å². The van der Waals surface area contributed by atoms with Gasteiger partial charge >= 0.3 is 0 Å². The third-order valence-electron chi connectivity index (χ3n) is 4.18. The van der Waals surface area contributed by atoms with E-state index in [1.807, 2.05) is 0 Å². The summed E-state index contributed by atoms with van der Waals surface area (Å²) in [5, 5.41) is 0. The van der Waals surface area contributed by atoms with Gasteiger partial charge in [0.1, 0.15) is 0 Å². The lowest BCUT2D eigenvalue weighted by atomic mass is 9.98. The summed E-state index contributed by atoms with van der Waals surface area (Å²) in [7, 11) is 0. The minimum absolute atomic E-state index is 0.321. The highest BCUT2D eigenvalue weighted by atomic mass is 16.2. The molecule has 1 aromatic rings. The van der Waals surface area contributed by atoms with E-state index < -0.39 is 0 Å². The lowest BCUT2D eigenvalue weighted by Crippen LogP contribution is -2.31. The monoisotopic (exact) mass is 229 g/mol. The molecule has 1 amide bonds. The van der Waals surface area contributed by atoms with Crippen LogP contribution in [0.4, 0.5) is 0 Å². The van der Waals surface area contributed by atoms with Crippen LogP contribution in [0.5, 0.6) is 0 Å². The van der Waals surface area contributed by atoms with Gasteiger partial charge in [0.2, 0.25) is 5.91 Å². The minimum atomic E-state index is 0.321. The lowest BCUT2D eigenvalue weighted by molar-refractivity contribution is -0.135. The fourth-order valence-corrected chi connectivity index (χ4v) is 3.44. The molecule has 0 bridgehead atoms. The summed E-state index contributed by atoms with van der Waals surface area (Å²) in [6.45, 7) is 2.18. The second-order valence-corrected chi connectivity index (χ2v) is 5.12. The van der Waals surface area contributed by atoms with E-state index >= 15 is 0 Å². The zero-order valence-corrected chi connectivity index (χ0v) is 10.4. The number of benzene rings is 1. The molecule has 0 spiro atoms. The number of amides is 1. The Morgan fingerprint density at radius 2 is 2.00 bits per heavy atom. The molecule has 1 saturated heterocycles. The summed E-state index contributed by atoms with van der Waals surface area (Å²) in [4.78, 5) is 14.4. The van der Waals surface area contributed by atoms with Crippen LogP contribution in [0.25, 0.3) is 0 Å². The first-order valence-corrected chi connectivity index (χ1v) is 6.73. The standard InChI is InChI=1S/C15H19NO/c1-2-13-11-7-3-4-8-12(11)14-9-5-6-10-15(17)16(13)14/h3-4,7-8,13-14H,2,5-6,9-10H2,1H3/t13-,14+/m1/s1. The number of rotatable bonds is 1. The third kappa shape index (κ3) is 1.58. The fourth-order valence-electron chi connectivity index (χ4n) is 3.44. The van der Waals surface area contributed by atoms with Crippen LogP contribution in [0.2, 0.25) is 0 Å². The van der Waals surface area contributed by atoms with Gasteiger partial charge < -0.3 is 4.90 Å².